The molecule has 78 valence electrons. The first-order valence-corrected chi connectivity index (χ1v) is 4.84. The van der Waals surface area contributed by atoms with Crippen LogP contribution in [0.25, 0.3) is 0 Å². The van der Waals surface area contributed by atoms with Gasteiger partial charge in [-0.1, -0.05) is 6.07 Å². The fourth-order valence-corrected chi connectivity index (χ4v) is 1.18. The molecule has 3 N–H and O–H groups in total. The van der Waals surface area contributed by atoms with E-state index in [1.54, 1.807) is 0 Å². The zero-order valence-electron chi connectivity index (χ0n) is 8.49. The van der Waals surface area contributed by atoms with Gasteiger partial charge in [0.1, 0.15) is 5.75 Å². The van der Waals surface area contributed by atoms with Gasteiger partial charge in [0.25, 0.3) is 0 Å². The second kappa shape index (κ2) is 5.50. The highest BCUT2D eigenvalue weighted by Crippen LogP contribution is 2.22. The van der Waals surface area contributed by atoms with Crippen molar-refractivity contribution in [3.8, 4) is 5.75 Å². The van der Waals surface area contributed by atoms with Gasteiger partial charge < -0.3 is 15.6 Å². The van der Waals surface area contributed by atoms with Crippen molar-refractivity contribution in [1.82, 2.24) is 0 Å². The summed E-state index contributed by atoms with van der Waals surface area (Å²) in [5.41, 5.74) is 7.47. The van der Waals surface area contributed by atoms with Gasteiger partial charge >= 0.3 is 0 Å². The SMILES string of the molecule is Cc1c(N)cccc1OCCCCO. The van der Waals surface area contributed by atoms with Crippen LogP contribution in [0.4, 0.5) is 5.69 Å². The average Bonchev–Trinajstić information content (AvgIpc) is 2.19. The Kier molecular flexibility index (Phi) is 4.26. The van der Waals surface area contributed by atoms with E-state index >= 15 is 0 Å². The van der Waals surface area contributed by atoms with E-state index in [1.165, 1.54) is 0 Å². The first-order chi connectivity index (χ1) is 6.75. The highest BCUT2D eigenvalue weighted by atomic mass is 16.5. The van der Waals surface area contributed by atoms with Gasteiger partial charge in [0.2, 0.25) is 0 Å². The predicted molar refractivity (Wildman–Crippen MR) is 57.4 cm³/mol. The smallest absolute Gasteiger partial charge is 0.124 e. The van der Waals surface area contributed by atoms with Crippen LogP contribution in [0, 0.1) is 6.92 Å². The molecule has 3 nitrogen and oxygen atoms in total. The monoisotopic (exact) mass is 195 g/mol. The normalized spacial score (nSPS) is 10.1. The van der Waals surface area contributed by atoms with Crippen LogP contribution in [0.3, 0.4) is 0 Å². The Morgan fingerprint density at radius 2 is 2.14 bits per heavy atom. The number of nitrogen functional groups attached to an aromatic ring is 1. The van der Waals surface area contributed by atoms with Crippen LogP contribution in [0.15, 0.2) is 18.2 Å². The minimum absolute atomic E-state index is 0.221. The van der Waals surface area contributed by atoms with Crippen molar-refractivity contribution in [3.05, 3.63) is 23.8 Å². The Balaban J connectivity index is 2.46. The van der Waals surface area contributed by atoms with Gasteiger partial charge in [-0.3, -0.25) is 0 Å². The minimum Gasteiger partial charge on any atom is -0.493 e. The molecule has 0 heterocycles. The van der Waals surface area contributed by atoms with Crippen LogP contribution in [0.1, 0.15) is 18.4 Å². The van der Waals surface area contributed by atoms with Crippen molar-refractivity contribution in [2.24, 2.45) is 0 Å². The van der Waals surface area contributed by atoms with E-state index in [-0.39, 0.29) is 6.61 Å². The van der Waals surface area contributed by atoms with E-state index < -0.39 is 0 Å². The number of hydrogen-bond acceptors (Lipinski definition) is 3. The van der Waals surface area contributed by atoms with E-state index in [4.69, 9.17) is 15.6 Å². The zero-order chi connectivity index (χ0) is 10.4. The Labute approximate surface area is 84.5 Å². The predicted octanol–water partition coefficient (Wildman–Crippen LogP) is 1.73. The molecule has 0 aliphatic carbocycles. The number of unbranched alkanes of at least 4 members (excludes halogenated alkanes) is 1. The molecule has 0 saturated heterocycles. The highest BCUT2D eigenvalue weighted by molar-refractivity contribution is 5.53. The summed E-state index contributed by atoms with van der Waals surface area (Å²) < 4.78 is 5.53. The molecule has 0 unspecified atom stereocenters. The molecule has 0 radical (unpaired) electrons. The summed E-state index contributed by atoms with van der Waals surface area (Å²) in [6, 6.07) is 5.64. The third-order valence-corrected chi connectivity index (χ3v) is 2.14. The molecule has 0 spiro atoms. The lowest BCUT2D eigenvalue weighted by atomic mass is 10.2. The van der Waals surface area contributed by atoms with Crippen LogP contribution < -0.4 is 10.5 Å². The molecular weight excluding hydrogens is 178 g/mol. The van der Waals surface area contributed by atoms with Crippen LogP contribution in [-0.4, -0.2) is 18.3 Å². The molecule has 3 heteroatoms. The van der Waals surface area contributed by atoms with Gasteiger partial charge in [0.15, 0.2) is 0 Å². The lowest BCUT2D eigenvalue weighted by Crippen LogP contribution is -2.01. The van der Waals surface area contributed by atoms with E-state index in [0.717, 1.165) is 29.8 Å². The van der Waals surface area contributed by atoms with Gasteiger partial charge in [-0.2, -0.15) is 0 Å². The van der Waals surface area contributed by atoms with Crippen LogP contribution in [-0.2, 0) is 0 Å². The molecule has 0 atom stereocenters. The van der Waals surface area contributed by atoms with Gasteiger partial charge in [-0.15, -0.1) is 0 Å². The summed E-state index contributed by atoms with van der Waals surface area (Å²) in [5, 5.41) is 8.59. The maximum absolute atomic E-state index is 8.59. The van der Waals surface area contributed by atoms with Crippen LogP contribution >= 0.6 is 0 Å². The van der Waals surface area contributed by atoms with Crippen molar-refractivity contribution in [3.63, 3.8) is 0 Å². The Morgan fingerprint density at radius 3 is 2.86 bits per heavy atom. The number of rotatable bonds is 5. The number of nitrogens with two attached hydrogens (primary N) is 1. The van der Waals surface area contributed by atoms with Crippen molar-refractivity contribution in [2.45, 2.75) is 19.8 Å². The summed E-state index contributed by atoms with van der Waals surface area (Å²) in [5.74, 6) is 0.836. The second-order valence-electron chi connectivity index (χ2n) is 3.25. The molecule has 0 fully saturated rings. The molecule has 14 heavy (non-hydrogen) atoms. The van der Waals surface area contributed by atoms with Gasteiger partial charge in [-0.05, 0) is 31.9 Å². The molecule has 0 bridgehead atoms. The minimum atomic E-state index is 0.221. The standard InChI is InChI=1S/C11H17NO2/c1-9-10(12)5-4-6-11(9)14-8-3-2-7-13/h4-6,13H,2-3,7-8,12H2,1H3. The fraction of sp³-hybridized carbons (Fsp3) is 0.455. The highest BCUT2D eigenvalue weighted by Gasteiger charge is 2.01. The molecule has 0 amide bonds. The molecule has 0 saturated carbocycles. The van der Waals surface area contributed by atoms with Gasteiger partial charge in [-0.25, -0.2) is 0 Å². The number of aliphatic hydroxyl groups is 1. The lowest BCUT2D eigenvalue weighted by Gasteiger charge is -2.09. The number of anilines is 1. The molecule has 1 aromatic carbocycles. The van der Waals surface area contributed by atoms with Crippen molar-refractivity contribution in [1.29, 1.82) is 0 Å². The number of benzene rings is 1. The number of hydrogen-bond donors (Lipinski definition) is 2. The Morgan fingerprint density at radius 1 is 1.36 bits per heavy atom. The third-order valence-electron chi connectivity index (χ3n) is 2.14. The quantitative estimate of drug-likeness (QED) is 0.555. The number of ether oxygens (including phenoxy) is 1. The summed E-state index contributed by atoms with van der Waals surface area (Å²) in [6.07, 6.45) is 1.64. The Hall–Kier alpha value is -1.22. The molecule has 0 aliphatic heterocycles. The second-order valence-corrected chi connectivity index (χ2v) is 3.25. The third kappa shape index (κ3) is 2.92. The summed E-state index contributed by atoms with van der Waals surface area (Å²) in [7, 11) is 0. The van der Waals surface area contributed by atoms with Crippen molar-refractivity contribution >= 4 is 5.69 Å². The van der Waals surface area contributed by atoms with E-state index in [2.05, 4.69) is 0 Å². The van der Waals surface area contributed by atoms with Gasteiger partial charge in [0.05, 0.1) is 6.61 Å². The molecule has 1 rings (SSSR count). The van der Waals surface area contributed by atoms with Crippen molar-refractivity contribution in [2.75, 3.05) is 18.9 Å². The van der Waals surface area contributed by atoms with Crippen molar-refractivity contribution < 1.29 is 9.84 Å². The maximum Gasteiger partial charge on any atom is 0.124 e. The summed E-state index contributed by atoms with van der Waals surface area (Å²) in [4.78, 5) is 0. The van der Waals surface area contributed by atoms with Gasteiger partial charge in [0, 0.05) is 17.9 Å². The number of aliphatic hydroxyl groups excluding tert-OH is 1. The Bertz CT molecular complexity index is 287. The molecule has 1 aromatic rings. The van der Waals surface area contributed by atoms with Crippen LogP contribution in [0.5, 0.6) is 5.75 Å². The summed E-state index contributed by atoms with van der Waals surface area (Å²) >= 11 is 0. The lowest BCUT2D eigenvalue weighted by molar-refractivity contribution is 0.252. The largest absolute Gasteiger partial charge is 0.493 e. The topological polar surface area (TPSA) is 55.5 Å². The first kappa shape index (κ1) is 10.9. The average molecular weight is 195 g/mol. The van der Waals surface area contributed by atoms with Crippen LogP contribution in [0.2, 0.25) is 0 Å². The molecule has 0 aromatic heterocycles. The first-order valence-electron chi connectivity index (χ1n) is 4.84. The molecular formula is C11H17NO2. The van der Waals surface area contributed by atoms with E-state index in [0.29, 0.717) is 6.61 Å². The summed E-state index contributed by atoms with van der Waals surface area (Å²) in [6.45, 7) is 2.79. The molecule has 0 aliphatic rings. The zero-order valence-corrected chi connectivity index (χ0v) is 8.49. The van der Waals surface area contributed by atoms with E-state index in [1.807, 2.05) is 25.1 Å². The maximum atomic E-state index is 8.59. The fourth-order valence-electron chi connectivity index (χ4n) is 1.18. The van der Waals surface area contributed by atoms with E-state index in [9.17, 15) is 0 Å².